The Morgan fingerprint density at radius 2 is 1.93 bits per heavy atom. The Morgan fingerprint density at radius 1 is 1.29 bits per heavy atom. The molecule has 4 heteroatoms. The van der Waals surface area contributed by atoms with Crippen LogP contribution in [0.4, 0.5) is 8.78 Å². The number of halogens is 2. The summed E-state index contributed by atoms with van der Waals surface area (Å²) in [6.07, 6.45) is 0. The van der Waals surface area contributed by atoms with Crippen molar-refractivity contribution >= 4 is 10.2 Å². The zero-order chi connectivity index (χ0) is 10.8. The molecular weight excluding hydrogens is 200 g/mol. The van der Waals surface area contributed by atoms with Gasteiger partial charge >= 0.3 is 0 Å². The number of hydrogen-bond acceptors (Lipinski definition) is 1. The second-order valence-electron chi connectivity index (χ2n) is 3.73. The minimum atomic E-state index is -0.814. The fraction of sp³-hybridized carbons (Fsp3) is 0.400. The van der Waals surface area contributed by atoms with Gasteiger partial charge in [0.2, 0.25) is 0 Å². The van der Waals surface area contributed by atoms with Gasteiger partial charge < -0.3 is 5.32 Å². The zero-order valence-corrected chi connectivity index (χ0v) is 9.20. The highest BCUT2D eigenvalue weighted by atomic mass is 28.1. The van der Waals surface area contributed by atoms with Crippen molar-refractivity contribution in [2.24, 2.45) is 0 Å². The topological polar surface area (TPSA) is 12.0 Å². The maximum atomic E-state index is 12.8. The maximum Gasteiger partial charge on any atom is 0.159 e. The number of nitrogens with one attached hydrogen (secondary N) is 1. The van der Waals surface area contributed by atoms with Crippen molar-refractivity contribution in [3.8, 4) is 0 Å². The summed E-state index contributed by atoms with van der Waals surface area (Å²) >= 11 is 0. The Labute approximate surface area is 85.9 Å². The first-order valence-electron chi connectivity index (χ1n) is 4.32. The standard InChI is InChI=1S/C10H12F2NSi/c1-10(2,14)13-6-7-3-4-8(11)9(12)5-7/h3-5,13H,6H2,1-2H3. The molecule has 3 radical (unpaired) electrons. The molecule has 0 unspecified atom stereocenters. The summed E-state index contributed by atoms with van der Waals surface area (Å²) in [5.41, 5.74) is 0.718. The van der Waals surface area contributed by atoms with Gasteiger partial charge in [-0.25, -0.2) is 8.78 Å². The van der Waals surface area contributed by atoms with E-state index in [1.54, 1.807) is 6.07 Å². The molecule has 0 amide bonds. The molecule has 0 spiro atoms. The monoisotopic (exact) mass is 212 g/mol. The van der Waals surface area contributed by atoms with E-state index in [4.69, 9.17) is 0 Å². The van der Waals surface area contributed by atoms with E-state index in [1.807, 2.05) is 13.8 Å². The largest absolute Gasteiger partial charge is 0.311 e. The molecule has 1 nitrogen and oxygen atoms in total. The summed E-state index contributed by atoms with van der Waals surface area (Å²) < 4.78 is 25.4. The normalized spacial score (nSPS) is 11.8. The lowest BCUT2D eigenvalue weighted by Crippen LogP contribution is -2.38. The molecule has 75 valence electrons. The Hall–Kier alpha value is -0.743. The van der Waals surface area contributed by atoms with Crippen LogP contribution in [0.1, 0.15) is 19.4 Å². The average Bonchev–Trinajstić information content (AvgIpc) is 2.06. The van der Waals surface area contributed by atoms with Crippen molar-refractivity contribution in [1.29, 1.82) is 0 Å². The highest BCUT2D eigenvalue weighted by Crippen LogP contribution is 2.09. The Morgan fingerprint density at radius 3 is 2.43 bits per heavy atom. The average molecular weight is 212 g/mol. The lowest BCUT2D eigenvalue weighted by molar-refractivity contribution is 0.499. The predicted octanol–water partition coefficient (Wildman–Crippen LogP) is 1.96. The van der Waals surface area contributed by atoms with Crippen LogP contribution in [-0.4, -0.2) is 15.4 Å². The maximum absolute atomic E-state index is 12.8. The van der Waals surface area contributed by atoms with Crippen LogP contribution in [0.2, 0.25) is 0 Å². The minimum Gasteiger partial charge on any atom is -0.311 e. The first-order chi connectivity index (χ1) is 6.38. The molecule has 0 fully saturated rings. The zero-order valence-electron chi connectivity index (χ0n) is 8.20. The molecule has 0 aliphatic carbocycles. The molecule has 0 heterocycles. The van der Waals surface area contributed by atoms with Crippen LogP contribution in [-0.2, 0) is 6.54 Å². The second kappa shape index (κ2) is 4.19. The number of benzene rings is 1. The van der Waals surface area contributed by atoms with Crippen LogP contribution in [0.5, 0.6) is 0 Å². The van der Waals surface area contributed by atoms with Gasteiger partial charge in [-0.3, -0.25) is 0 Å². The van der Waals surface area contributed by atoms with Crippen molar-refractivity contribution in [2.75, 3.05) is 0 Å². The van der Waals surface area contributed by atoms with Crippen molar-refractivity contribution in [3.63, 3.8) is 0 Å². The summed E-state index contributed by atoms with van der Waals surface area (Å²) in [6, 6.07) is 3.89. The molecule has 0 aliphatic heterocycles. The van der Waals surface area contributed by atoms with E-state index in [2.05, 4.69) is 15.6 Å². The predicted molar refractivity (Wildman–Crippen MR) is 53.0 cm³/mol. The van der Waals surface area contributed by atoms with Gasteiger partial charge in [0.05, 0.1) is 10.2 Å². The molecule has 0 saturated carbocycles. The third-order valence-corrected chi connectivity index (χ3v) is 1.90. The Kier molecular flexibility index (Phi) is 3.39. The van der Waals surface area contributed by atoms with Gasteiger partial charge in [0, 0.05) is 6.54 Å². The molecule has 0 aromatic heterocycles. The third kappa shape index (κ3) is 3.55. The summed E-state index contributed by atoms with van der Waals surface area (Å²) in [4.78, 5) is 0. The van der Waals surface area contributed by atoms with E-state index in [0.717, 1.165) is 11.6 Å². The number of hydrogen-bond donors (Lipinski definition) is 1. The van der Waals surface area contributed by atoms with Crippen LogP contribution in [0.3, 0.4) is 0 Å². The van der Waals surface area contributed by atoms with Crippen LogP contribution in [0.25, 0.3) is 0 Å². The molecular formula is C10H12F2NSi. The second-order valence-corrected chi connectivity index (χ2v) is 4.98. The van der Waals surface area contributed by atoms with E-state index in [1.165, 1.54) is 6.07 Å². The smallest absolute Gasteiger partial charge is 0.159 e. The molecule has 1 N–H and O–H groups in total. The summed E-state index contributed by atoms with van der Waals surface area (Å²) in [5.74, 6) is -1.62. The lowest BCUT2D eigenvalue weighted by atomic mass is 10.2. The Bertz CT molecular complexity index is 320. The molecule has 0 bridgehead atoms. The fourth-order valence-electron chi connectivity index (χ4n) is 0.973. The quantitative estimate of drug-likeness (QED) is 0.755. The SMILES string of the molecule is CC(C)([Si])NCc1ccc(F)c(F)c1. The summed E-state index contributed by atoms with van der Waals surface area (Å²) in [5, 5.41) is 2.89. The van der Waals surface area contributed by atoms with Gasteiger partial charge in [-0.15, -0.1) is 0 Å². The minimum absolute atomic E-state index is 0.217. The van der Waals surface area contributed by atoms with E-state index in [9.17, 15) is 8.78 Å². The van der Waals surface area contributed by atoms with Crippen LogP contribution < -0.4 is 5.32 Å². The van der Waals surface area contributed by atoms with Gasteiger partial charge in [-0.2, -0.15) is 0 Å². The molecule has 1 rings (SSSR count). The van der Waals surface area contributed by atoms with Crippen LogP contribution in [0, 0.1) is 11.6 Å². The van der Waals surface area contributed by atoms with Crippen molar-refractivity contribution < 1.29 is 8.78 Å². The van der Waals surface area contributed by atoms with E-state index >= 15 is 0 Å². The van der Waals surface area contributed by atoms with Crippen LogP contribution >= 0.6 is 0 Å². The lowest BCUT2D eigenvalue weighted by Gasteiger charge is -2.20. The summed E-state index contributed by atoms with van der Waals surface area (Å²) in [7, 11) is 3.44. The van der Waals surface area contributed by atoms with E-state index < -0.39 is 11.6 Å². The molecule has 1 aromatic carbocycles. The fourth-order valence-corrected chi connectivity index (χ4v) is 1.06. The van der Waals surface area contributed by atoms with Gasteiger partial charge in [0.15, 0.2) is 11.6 Å². The summed E-state index contributed by atoms with van der Waals surface area (Å²) in [6.45, 7) is 4.36. The van der Waals surface area contributed by atoms with Gasteiger partial charge in [0.25, 0.3) is 0 Å². The number of rotatable bonds is 3. The molecule has 0 saturated heterocycles. The third-order valence-electron chi connectivity index (χ3n) is 1.72. The first-order valence-corrected chi connectivity index (χ1v) is 4.82. The van der Waals surface area contributed by atoms with Gasteiger partial charge in [-0.05, 0) is 22.9 Å². The molecule has 0 aliphatic rings. The van der Waals surface area contributed by atoms with Gasteiger partial charge in [0.1, 0.15) is 0 Å². The highest BCUT2D eigenvalue weighted by Gasteiger charge is 2.09. The highest BCUT2D eigenvalue weighted by molar-refractivity contribution is 6.14. The van der Waals surface area contributed by atoms with Crippen molar-refractivity contribution in [2.45, 2.75) is 25.6 Å². The molecule has 0 atom stereocenters. The van der Waals surface area contributed by atoms with Gasteiger partial charge in [-0.1, -0.05) is 19.9 Å². The van der Waals surface area contributed by atoms with Crippen LogP contribution in [0.15, 0.2) is 18.2 Å². The Balaban J connectivity index is 2.65. The van der Waals surface area contributed by atoms with Crippen molar-refractivity contribution in [3.05, 3.63) is 35.4 Å². The van der Waals surface area contributed by atoms with Crippen molar-refractivity contribution in [1.82, 2.24) is 5.32 Å². The first kappa shape index (κ1) is 11.3. The molecule has 1 aromatic rings. The van der Waals surface area contributed by atoms with E-state index in [0.29, 0.717) is 6.54 Å². The van der Waals surface area contributed by atoms with E-state index in [-0.39, 0.29) is 5.16 Å². The molecule has 14 heavy (non-hydrogen) atoms.